The lowest BCUT2D eigenvalue weighted by atomic mass is 9.96. The van der Waals surface area contributed by atoms with E-state index in [1.54, 1.807) is 22.0 Å². The maximum atomic E-state index is 13.5. The summed E-state index contributed by atoms with van der Waals surface area (Å²) in [5, 5.41) is 6.24. The van der Waals surface area contributed by atoms with Gasteiger partial charge in [-0.3, -0.25) is 9.59 Å². The van der Waals surface area contributed by atoms with Crippen LogP contribution in [-0.4, -0.2) is 76.6 Å². The molecule has 0 spiro atoms. The van der Waals surface area contributed by atoms with E-state index in [-0.39, 0.29) is 36.9 Å². The molecule has 2 atom stereocenters. The summed E-state index contributed by atoms with van der Waals surface area (Å²) in [6.07, 6.45) is 0.164. The first-order chi connectivity index (χ1) is 16.4. The molecule has 4 rings (SSSR count). The summed E-state index contributed by atoms with van der Waals surface area (Å²) in [6, 6.07) is 18.8. The Morgan fingerprint density at radius 2 is 1.62 bits per heavy atom. The predicted octanol–water partition coefficient (Wildman–Crippen LogP) is 2.32. The molecule has 2 heterocycles. The SMILES string of the molecule is CC(C)[C@H]1C(=O)N(CCc2ccccc2)CC2N1C(=O)CN(C)N2C(=O)NCc1ccccc1. The zero-order valence-corrected chi connectivity index (χ0v) is 20.1. The van der Waals surface area contributed by atoms with Crippen molar-refractivity contribution < 1.29 is 14.4 Å². The minimum absolute atomic E-state index is 0.0512. The Balaban J connectivity index is 1.56. The van der Waals surface area contributed by atoms with Crippen LogP contribution in [0.2, 0.25) is 0 Å². The fraction of sp³-hybridized carbons (Fsp3) is 0.423. The molecule has 2 aromatic carbocycles. The molecule has 4 amide bonds. The molecular formula is C26H33N5O3. The predicted molar refractivity (Wildman–Crippen MR) is 129 cm³/mol. The second-order valence-corrected chi connectivity index (χ2v) is 9.29. The molecule has 0 saturated carbocycles. The summed E-state index contributed by atoms with van der Waals surface area (Å²) in [5.41, 5.74) is 2.14. The second-order valence-electron chi connectivity index (χ2n) is 9.29. The van der Waals surface area contributed by atoms with Crippen LogP contribution in [0, 0.1) is 5.92 Å². The van der Waals surface area contributed by atoms with Crippen molar-refractivity contribution >= 4 is 17.8 Å². The molecule has 2 aliphatic rings. The molecule has 8 heteroatoms. The van der Waals surface area contributed by atoms with Gasteiger partial charge in [0.25, 0.3) is 0 Å². The van der Waals surface area contributed by atoms with Gasteiger partial charge in [0.2, 0.25) is 11.8 Å². The number of likely N-dealkylation sites (N-methyl/N-ethyl adjacent to an activating group) is 1. The van der Waals surface area contributed by atoms with Gasteiger partial charge < -0.3 is 15.1 Å². The van der Waals surface area contributed by atoms with Crippen LogP contribution in [0.1, 0.15) is 25.0 Å². The van der Waals surface area contributed by atoms with E-state index in [9.17, 15) is 14.4 Å². The Kier molecular flexibility index (Phi) is 7.17. The van der Waals surface area contributed by atoms with E-state index < -0.39 is 12.2 Å². The largest absolute Gasteiger partial charge is 0.337 e. The molecule has 2 aliphatic heterocycles. The number of piperazine rings is 1. The molecular weight excluding hydrogens is 430 g/mol. The first kappa shape index (κ1) is 23.8. The number of rotatable bonds is 6. The monoisotopic (exact) mass is 463 g/mol. The highest BCUT2D eigenvalue weighted by atomic mass is 16.2. The number of hydrogen-bond donors (Lipinski definition) is 1. The molecule has 0 bridgehead atoms. The summed E-state index contributed by atoms with van der Waals surface area (Å²) in [6.45, 7) is 5.15. The lowest BCUT2D eigenvalue weighted by Gasteiger charge is -2.55. The third kappa shape index (κ3) is 4.92. The summed E-state index contributed by atoms with van der Waals surface area (Å²) >= 11 is 0. The Morgan fingerprint density at radius 1 is 1.00 bits per heavy atom. The average Bonchev–Trinajstić information content (AvgIpc) is 2.83. The number of nitrogens with one attached hydrogen (secondary N) is 1. The number of hydrogen-bond acceptors (Lipinski definition) is 4. The van der Waals surface area contributed by atoms with Gasteiger partial charge in [0.1, 0.15) is 12.2 Å². The fourth-order valence-corrected chi connectivity index (χ4v) is 4.83. The Hall–Kier alpha value is -3.39. The zero-order valence-electron chi connectivity index (χ0n) is 20.1. The summed E-state index contributed by atoms with van der Waals surface area (Å²) in [7, 11) is 1.74. The highest BCUT2D eigenvalue weighted by Crippen LogP contribution is 2.29. The summed E-state index contributed by atoms with van der Waals surface area (Å²) < 4.78 is 0. The van der Waals surface area contributed by atoms with Crippen LogP contribution in [0.3, 0.4) is 0 Å². The lowest BCUT2D eigenvalue weighted by molar-refractivity contribution is -0.189. The Bertz CT molecular complexity index is 1010. The van der Waals surface area contributed by atoms with Gasteiger partial charge in [0, 0.05) is 20.1 Å². The number of carbonyl (C=O) groups excluding carboxylic acids is 3. The van der Waals surface area contributed by atoms with Gasteiger partial charge in [-0.25, -0.2) is 14.8 Å². The van der Waals surface area contributed by atoms with Crippen molar-refractivity contribution in [3.8, 4) is 0 Å². The smallest absolute Gasteiger partial charge is 0.334 e. The van der Waals surface area contributed by atoms with Crippen molar-refractivity contribution in [2.45, 2.75) is 39.0 Å². The number of fused-ring (bicyclic) bond motifs is 1. The average molecular weight is 464 g/mol. The minimum Gasteiger partial charge on any atom is -0.337 e. The first-order valence-corrected chi connectivity index (χ1v) is 11.8. The molecule has 0 radical (unpaired) electrons. The van der Waals surface area contributed by atoms with Gasteiger partial charge in [-0.15, -0.1) is 0 Å². The van der Waals surface area contributed by atoms with E-state index in [1.807, 2.05) is 79.4 Å². The topological polar surface area (TPSA) is 76.2 Å². The van der Waals surface area contributed by atoms with E-state index in [0.717, 1.165) is 11.1 Å². The van der Waals surface area contributed by atoms with E-state index >= 15 is 0 Å². The minimum atomic E-state index is -0.597. The molecule has 1 N–H and O–H groups in total. The summed E-state index contributed by atoms with van der Waals surface area (Å²) in [4.78, 5) is 43.3. The van der Waals surface area contributed by atoms with E-state index in [4.69, 9.17) is 0 Å². The van der Waals surface area contributed by atoms with Crippen molar-refractivity contribution in [1.29, 1.82) is 0 Å². The lowest BCUT2D eigenvalue weighted by Crippen LogP contribution is -2.76. The Labute approximate surface area is 201 Å². The van der Waals surface area contributed by atoms with Gasteiger partial charge in [-0.2, -0.15) is 0 Å². The molecule has 2 saturated heterocycles. The van der Waals surface area contributed by atoms with Crippen molar-refractivity contribution in [2.24, 2.45) is 5.92 Å². The van der Waals surface area contributed by atoms with Gasteiger partial charge in [-0.05, 0) is 23.5 Å². The van der Waals surface area contributed by atoms with E-state index in [2.05, 4.69) is 5.32 Å². The molecule has 34 heavy (non-hydrogen) atoms. The van der Waals surface area contributed by atoms with Crippen molar-refractivity contribution in [3.05, 3.63) is 71.8 Å². The fourth-order valence-electron chi connectivity index (χ4n) is 4.83. The standard InChI is InChI=1S/C26H33N5O3/c1-19(2)24-25(33)29(15-14-20-10-6-4-7-11-20)17-22-30(24)23(32)18-28(3)31(22)26(34)27-16-21-12-8-5-9-13-21/h4-13,19,22,24H,14-18H2,1-3H3,(H,27,34)/t22?,24-/m0/s1. The maximum Gasteiger partial charge on any atom is 0.334 e. The van der Waals surface area contributed by atoms with Crippen LogP contribution in [0.15, 0.2) is 60.7 Å². The van der Waals surface area contributed by atoms with Crippen LogP contribution in [-0.2, 0) is 22.6 Å². The van der Waals surface area contributed by atoms with Crippen LogP contribution in [0.25, 0.3) is 0 Å². The van der Waals surface area contributed by atoms with Crippen LogP contribution >= 0.6 is 0 Å². The Morgan fingerprint density at radius 3 is 2.24 bits per heavy atom. The third-order valence-electron chi connectivity index (χ3n) is 6.51. The number of hydrazine groups is 1. The summed E-state index contributed by atoms with van der Waals surface area (Å²) in [5.74, 6) is -0.254. The number of benzene rings is 2. The number of urea groups is 1. The van der Waals surface area contributed by atoms with Gasteiger partial charge in [0.05, 0.1) is 13.1 Å². The molecule has 2 fully saturated rings. The van der Waals surface area contributed by atoms with Gasteiger partial charge in [0.15, 0.2) is 0 Å². The van der Waals surface area contributed by atoms with E-state index in [1.165, 1.54) is 0 Å². The quantitative estimate of drug-likeness (QED) is 0.714. The van der Waals surface area contributed by atoms with Gasteiger partial charge >= 0.3 is 6.03 Å². The second kappa shape index (κ2) is 10.3. The first-order valence-electron chi connectivity index (χ1n) is 11.8. The van der Waals surface area contributed by atoms with Crippen LogP contribution < -0.4 is 5.32 Å². The van der Waals surface area contributed by atoms with Crippen molar-refractivity contribution in [2.75, 3.05) is 26.7 Å². The zero-order chi connectivity index (χ0) is 24.2. The van der Waals surface area contributed by atoms with Crippen molar-refractivity contribution in [1.82, 2.24) is 25.1 Å². The van der Waals surface area contributed by atoms with E-state index in [0.29, 0.717) is 19.5 Å². The van der Waals surface area contributed by atoms with Crippen LogP contribution in [0.4, 0.5) is 4.79 Å². The molecule has 8 nitrogen and oxygen atoms in total. The highest BCUT2D eigenvalue weighted by Gasteiger charge is 2.51. The number of carbonyl (C=O) groups is 3. The molecule has 2 aromatic rings. The molecule has 0 aliphatic carbocycles. The highest BCUT2D eigenvalue weighted by molar-refractivity contribution is 5.91. The van der Waals surface area contributed by atoms with Gasteiger partial charge in [-0.1, -0.05) is 74.5 Å². The number of amides is 4. The maximum absolute atomic E-state index is 13.5. The van der Waals surface area contributed by atoms with Crippen molar-refractivity contribution in [3.63, 3.8) is 0 Å². The molecule has 1 unspecified atom stereocenters. The normalized spacial score (nSPS) is 21.1. The molecule has 0 aromatic heterocycles. The number of nitrogens with zero attached hydrogens (tertiary/aromatic N) is 4. The third-order valence-corrected chi connectivity index (χ3v) is 6.51. The molecule has 180 valence electrons. The van der Waals surface area contributed by atoms with Crippen LogP contribution in [0.5, 0.6) is 0 Å².